The molecule has 0 aliphatic heterocycles. The molecule has 1 atom stereocenters. The molecule has 0 spiro atoms. The lowest BCUT2D eigenvalue weighted by Crippen LogP contribution is -2.24. The number of aliphatic imine (C=N–C) groups is 1. The Morgan fingerprint density at radius 1 is 1.37 bits per heavy atom. The molecule has 0 fully saturated rings. The molecule has 19 heavy (non-hydrogen) atoms. The number of nitrogens with zero attached hydrogens (tertiary/aromatic N) is 2. The Balaban J connectivity index is 2.28. The van der Waals surface area contributed by atoms with Gasteiger partial charge in [-0.2, -0.15) is 0 Å². The topological polar surface area (TPSA) is 44.7 Å². The van der Waals surface area contributed by atoms with E-state index >= 15 is 0 Å². The Labute approximate surface area is 114 Å². The molecule has 2 rings (SSSR count). The van der Waals surface area contributed by atoms with E-state index in [2.05, 4.69) is 22.4 Å². The number of carbonyl (C=O) groups is 1. The molecule has 1 aliphatic carbocycles. The predicted octanol–water partition coefficient (Wildman–Crippen LogP) is 2.42. The second-order valence-corrected chi connectivity index (χ2v) is 5.23. The average molecular weight is 259 g/mol. The van der Waals surface area contributed by atoms with Crippen LogP contribution in [0.2, 0.25) is 0 Å². The van der Waals surface area contributed by atoms with Gasteiger partial charge in [0, 0.05) is 21.0 Å². The number of rotatable bonds is 2. The molecule has 1 amide bonds. The molecule has 102 valence electrons. The summed E-state index contributed by atoms with van der Waals surface area (Å²) in [5.74, 6) is 0.991. The van der Waals surface area contributed by atoms with Crippen molar-refractivity contribution in [2.45, 2.75) is 32.7 Å². The number of nitrogens with one attached hydrogen (secondary N) is 1. The average Bonchev–Trinajstić information content (AvgIpc) is 2.71. The largest absolute Gasteiger partial charge is 0.366 e. The summed E-state index contributed by atoms with van der Waals surface area (Å²) in [7, 11) is 3.96. The van der Waals surface area contributed by atoms with Gasteiger partial charge in [0.05, 0.1) is 11.7 Å². The number of hydrogen-bond acceptors (Lipinski definition) is 2. The lowest BCUT2D eigenvalue weighted by Gasteiger charge is -2.14. The zero-order valence-corrected chi connectivity index (χ0v) is 12.0. The monoisotopic (exact) mass is 259 g/mol. The second-order valence-electron chi connectivity index (χ2n) is 5.23. The molecule has 1 aliphatic rings. The molecule has 1 unspecified atom stereocenters. The first-order valence-corrected chi connectivity index (χ1v) is 6.60. The fourth-order valence-electron chi connectivity index (χ4n) is 2.34. The Morgan fingerprint density at radius 2 is 2.11 bits per heavy atom. The van der Waals surface area contributed by atoms with Crippen LogP contribution in [0.4, 0.5) is 5.69 Å². The number of fused-ring (bicyclic) bond motifs is 1. The van der Waals surface area contributed by atoms with Crippen molar-refractivity contribution in [3.05, 3.63) is 29.3 Å². The van der Waals surface area contributed by atoms with Gasteiger partial charge in [0.15, 0.2) is 0 Å². The third-order valence-electron chi connectivity index (χ3n) is 3.52. The van der Waals surface area contributed by atoms with E-state index in [1.807, 2.05) is 32.0 Å². The molecule has 0 radical (unpaired) electrons. The summed E-state index contributed by atoms with van der Waals surface area (Å²) in [6, 6.07) is 6.40. The first-order chi connectivity index (χ1) is 8.97. The summed E-state index contributed by atoms with van der Waals surface area (Å²) >= 11 is 0. The highest BCUT2D eigenvalue weighted by Crippen LogP contribution is 2.33. The van der Waals surface area contributed by atoms with E-state index in [-0.39, 0.29) is 11.9 Å². The molecule has 4 nitrogen and oxygen atoms in total. The highest BCUT2D eigenvalue weighted by molar-refractivity contribution is 5.82. The molecule has 0 aromatic heterocycles. The fraction of sp³-hybridized carbons (Fsp3) is 0.467. The van der Waals surface area contributed by atoms with Gasteiger partial charge in [-0.1, -0.05) is 6.07 Å². The summed E-state index contributed by atoms with van der Waals surface area (Å²) in [5, 5.41) is 3.00. The standard InChI is InChI=1S/C15H21N3O/c1-10(18(3)4)16-13-7-5-12-6-8-15(14(12)9-13)17-11(2)19/h5,7,9,15H,6,8H2,1-4H3,(H,17,19). The molecule has 4 heteroatoms. The maximum absolute atomic E-state index is 11.2. The van der Waals surface area contributed by atoms with Crippen molar-refractivity contribution in [3.63, 3.8) is 0 Å². The van der Waals surface area contributed by atoms with Crippen molar-refractivity contribution in [3.8, 4) is 0 Å². The number of amides is 1. The highest BCUT2D eigenvalue weighted by Gasteiger charge is 2.23. The zero-order valence-electron chi connectivity index (χ0n) is 12.0. The van der Waals surface area contributed by atoms with Gasteiger partial charge in [-0.25, -0.2) is 4.99 Å². The van der Waals surface area contributed by atoms with Crippen LogP contribution < -0.4 is 5.32 Å². The van der Waals surface area contributed by atoms with Gasteiger partial charge in [0.25, 0.3) is 0 Å². The molecule has 0 saturated heterocycles. The molecular weight excluding hydrogens is 238 g/mol. The van der Waals surface area contributed by atoms with Crippen LogP contribution in [0.1, 0.15) is 37.4 Å². The van der Waals surface area contributed by atoms with Crippen LogP contribution >= 0.6 is 0 Å². The first kappa shape index (κ1) is 13.6. The van der Waals surface area contributed by atoms with Gasteiger partial charge in [-0.05, 0) is 43.0 Å². The van der Waals surface area contributed by atoms with Crippen molar-refractivity contribution in [1.82, 2.24) is 10.2 Å². The summed E-state index contributed by atoms with van der Waals surface area (Å²) in [5.41, 5.74) is 3.48. The Morgan fingerprint density at radius 3 is 2.74 bits per heavy atom. The summed E-state index contributed by atoms with van der Waals surface area (Å²) in [4.78, 5) is 17.8. The SMILES string of the molecule is CC(=O)NC1CCc2ccc(N=C(C)N(C)C)cc21. The highest BCUT2D eigenvalue weighted by atomic mass is 16.1. The Hall–Kier alpha value is -1.84. The maximum Gasteiger partial charge on any atom is 0.217 e. The Kier molecular flexibility index (Phi) is 3.88. The number of amidine groups is 1. The summed E-state index contributed by atoms with van der Waals surface area (Å²) in [6.45, 7) is 3.55. The van der Waals surface area contributed by atoms with E-state index in [1.54, 1.807) is 6.92 Å². The molecule has 0 bridgehead atoms. The minimum Gasteiger partial charge on any atom is -0.366 e. The quantitative estimate of drug-likeness (QED) is 0.655. The van der Waals surface area contributed by atoms with Crippen LogP contribution in [0.3, 0.4) is 0 Å². The van der Waals surface area contributed by atoms with Crippen molar-refractivity contribution in [2.75, 3.05) is 14.1 Å². The van der Waals surface area contributed by atoms with Crippen LogP contribution in [0.25, 0.3) is 0 Å². The molecule has 1 N–H and O–H groups in total. The van der Waals surface area contributed by atoms with Gasteiger partial charge in [0.1, 0.15) is 5.84 Å². The number of benzene rings is 1. The summed E-state index contributed by atoms with van der Waals surface area (Å²) in [6.07, 6.45) is 2.01. The molecule has 1 aromatic carbocycles. The van der Waals surface area contributed by atoms with Crippen LogP contribution in [-0.2, 0) is 11.2 Å². The third-order valence-corrected chi connectivity index (χ3v) is 3.52. The van der Waals surface area contributed by atoms with E-state index in [1.165, 1.54) is 11.1 Å². The molecule has 0 heterocycles. The van der Waals surface area contributed by atoms with Gasteiger partial charge in [0.2, 0.25) is 5.91 Å². The predicted molar refractivity (Wildman–Crippen MR) is 77.8 cm³/mol. The zero-order chi connectivity index (χ0) is 14.0. The van der Waals surface area contributed by atoms with Crippen LogP contribution in [0.5, 0.6) is 0 Å². The van der Waals surface area contributed by atoms with Crippen LogP contribution in [0.15, 0.2) is 23.2 Å². The summed E-state index contributed by atoms with van der Waals surface area (Å²) < 4.78 is 0. The third kappa shape index (κ3) is 3.13. The van der Waals surface area contributed by atoms with E-state index in [0.29, 0.717) is 0 Å². The minimum atomic E-state index is 0.0243. The second kappa shape index (κ2) is 5.43. The molecular formula is C15H21N3O. The van der Waals surface area contributed by atoms with Gasteiger partial charge in [-0.15, -0.1) is 0 Å². The number of carbonyl (C=O) groups excluding carboxylic acids is 1. The Bertz CT molecular complexity index is 520. The lowest BCUT2D eigenvalue weighted by atomic mass is 10.1. The van der Waals surface area contributed by atoms with E-state index in [9.17, 15) is 4.79 Å². The maximum atomic E-state index is 11.2. The smallest absolute Gasteiger partial charge is 0.217 e. The number of aryl methyl sites for hydroxylation is 1. The number of hydrogen-bond donors (Lipinski definition) is 1. The minimum absolute atomic E-state index is 0.0243. The van der Waals surface area contributed by atoms with Crippen molar-refractivity contribution in [1.29, 1.82) is 0 Å². The van der Waals surface area contributed by atoms with E-state index < -0.39 is 0 Å². The van der Waals surface area contributed by atoms with Gasteiger partial charge >= 0.3 is 0 Å². The molecule has 0 saturated carbocycles. The van der Waals surface area contributed by atoms with Crippen LogP contribution in [0, 0.1) is 0 Å². The lowest BCUT2D eigenvalue weighted by molar-refractivity contribution is -0.119. The van der Waals surface area contributed by atoms with E-state index in [0.717, 1.165) is 24.4 Å². The van der Waals surface area contributed by atoms with Gasteiger partial charge in [-0.3, -0.25) is 4.79 Å². The fourth-order valence-corrected chi connectivity index (χ4v) is 2.34. The first-order valence-electron chi connectivity index (χ1n) is 6.60. The van der Waals surface area contributed by atoms with E-state index in [4.69, 9.17) is 0 Å². The van der Waals surface area contributed by atoms with Crippen molar-refractivity contribution < 1.29 is 4.79 Å². The van der Waals surface area contributed by atoms with Crippen molar-refractivity contribution >= 4 is 17.4 Å². The molecule has 1 aromatic rings. The van der Waals surface area contributed by atoms with Crippen LogP contribution in [-0.4, -0.2) is 30.7 Å². The van der Waals surface area contributed by atoms with Crippen molar-refractivity contribution in [2.24, 2.45) is 4.99 Å². The normalized spacial score (nSPS) is 18.1. The van der Waals surface area contributed by atoms with Gasteiger partial charge < -0.3 is 10.2 Å².